The Labute approximate surface area is 132 Å². The van der Waals surface area contributed by atoms with Crippen LogP contribution in [0.1, 0.15) is 23.2 Å². The lowest BCUT2D eigenvalue weighted by atomic mass is 10.1. The fourth-order valence-electron chi connectivity index (χ4n) is 2.42. The summed E-state index contributed by atoms with van der Waals surface area (Å²) in [5.41, 5.74) is 0.391. The van der Waals surface area contributed by atoms with Crippen molar-refractivity contribution in [2.24, 2.45) is 0 Å². The second kappa shape index (κ2) is 5.61. The molecule has 0 spiro atoms. The van der Waals surface area contributed by atoms with E-state index in [-0.39, 0.29) is 10.7 Å². The third kappa shape index (κ3) is 2.43. The second-order valence-electron chi connectivity index (χ2n) is 5.21. The average molecular weight is 316 g/mol. The highest BCUT2D eigenvalue weighted by Gasteiger charge is 2.49. The van der Waals surface area contributed by atoms with Crippen molar-refractivity contribution in [1.82, 2.24) is 4.98 Å². The summed E-state index contributed by atoms with van der Waals surface area (Å²) in [6, 6.07) is 7.34. The molecule has 1 fully saturated rings. The number of aromatic nitrogens is 1. The standard InChI is InChI=1S/C16H16N2O3S/c1-21-14(19)12-9-17-13(11-6-4-3-5-10(11)12)18-15(20)16(22-2)7-8-16/h3-6,9H,7-8H2,1-2H3,(H,17,18,20). The van der Waals surface area contributed by atoms with Gasteiger partial charge in [0.25, 0.3) is 0 Å². The zero-order valence-electron chi connectivity index (χ0n) is 12.4. The Morgan fingerprint density at radius 1 is 1.27 bits per heavy atom. The number of benzene rings is 1. The van der Waals surface area contributed by atoms with E-state index in [1.807, 2.05) is 30.5 Å². The second-order valence-corrected chi connectivity index (χ2v) is 6.40. The predicted molar refractivity (Wildman–Crippen MR) is 87.2 cm³/mol. The average Bonchev–Trinajstić information content (AvgIpc) is 3.35. The summed E-state index contributed by atoms with van der Waals surface area (Å²) in [6.07, 6.45) is 5.16. The number of amides is 1. The Hall–Kier alpha value is -2.08. The van der Waals surface area contributed by atoms with E-state index in [0.29, 0.717) is 16.8 Å². The molecule has 6 heteroatoms. The molecular weight excluding hydrogens is 300 g/mol. The van der Waals surface area contributed by atoms with Gasteiger partial charge >= 0.3 is 5.97 Å². The Balaban J connectivity index is 2.01. The highest BCUT2D eigenvalue weighted by atomic mass is 32.2. The van der Waals surface area contributed by atoms with Crippen LogP contribution >= 0.6 is 11.8 Å². The number of carbonyl (C=O) groups is 2. The van der Waals surface area contributed by atoms with Crippen LogP contribution in [-0.2, 0) is 9.53 Å². The number of anilines is 1. The van der Waals surface area contributed by atoms with E-state index in [4.69, 9.17) is 4.74 Å². The van der Waals surface area contributed by atoms with Crippen molar-refractivity contribution in [2.75, 3.05) is 18.7 Å². The highest BCUT2D eigenvalue weighted by Crippen LogP contribution is 2.48. The molecule has 1 aromatic carbocycles. The molecule has 22 heavy (non-hydrogen) atoms. The van der Waals surface area contributed by atoms with Gasteiger partial charge in [0, 0.05) is 17.0 Å². The van der Waals surface area contributed by atoms with Gasteiger partial charge in [-0.15, -0.1) is 11.8 Å². The number of pyridine rings is 1. The maximum atomic E-state index is 12.4. The van der Waals surface area contributed by atoms with Gasteiger partial charge in [-0.3, -0.25) is 4.79 Å². The number of rotatable bonds is 4. The van der Waals surface area contributed by atoms with E-state index in [1.54, 1.807) is 11.8 Å². The van der Waals surface area contributed by atoms with Crippen LogP contribution in [0.5, 0.6) is 0 Å². The first kappa shape index (κ1) is 14.8. The summed E-state index contributed by atoms with van der Waals surface area (Å²) in [7, 11) is 1.34. The molecule has 1 N–H and O–H groups in total. The number of carbonyl (C=O) groups excluding carboxylic acids is 2. The first-order valence-electron chi connectivity index (χ1n) is 6.94. The van der Waals surface area contributed by atoms with Crippen LogP contribution in [0, 0.1) is 0 Å². The first-order valence-corrected chi connectivity index (χ1v) is 8.16. The third-order valence-electron chi connectivity index (χ3n) is 3.94. The fourth-order valence-corrected chi connectivity index (χ4v) is 3.17. The molecular formula is C16H16N2O3S. The normalized spacial score (nSPS) is 15.4. The van der Waals surface area contributed by atoms with Gasteiger partial charge < -0.3 is 10.1 Å². The lowest BCUT2D eigenvalue weighted by Crippen LogP contribution is -2.27. The Bertz CT molecular complexity index is 756. The van der Waals surface area contributed by atoms with Gasteiger partial charge in [0.2, 0.25) is 5.91 Å². The number of nitrogens with one attached hydrogen (secondary N) is 1. The molecule has 1 aliphatic carbocycles. The van der Waals surface area contributed by atoms with E-state index in [9.17, 15) is 9.59 Å². The lowest BCUT2D eigenvalue weighted by molar-refractivity contribution is -0.116. The number of ether oxygens (including phenoxy) is 1. The Morgan fingerprint density at radius 3 is 2.55 bits per heavy atom. The molecule has 3 rings (SSSR count). The van der Waals surface area contributed by atoms with Crippen LogP contribution in [0.2, 0.25) is 0 Å². The minimum absolute atomic E-state index is 0.0246. The molecule has 0 unspecified atom stereocenters. The van der Waals surface area contributed by atoms with Crippen molar-refractivity contribution < 1.29 is 14.3 Å². The fraction of sp³-hybridized carbons (Fsp3) is 0.312. The summed E-state index contributed by atoms with van der Waals surface area (Å²) in [6.45, 7) is 0. The van der Waals surface area contributed by atoms with Crippen molar-refractivity contribution in [3.05, 3.63) is 36.0 Å². The van der Waals surface area contributed by atoms with Crippen LogP contribution in [0.25, 0.3) is 10.8 Å². The van der Waals surface area contributed by atoms with E-state index < -0.39 is 5.97 Å². The number of esters is 1. The third-order valence-corrected chi connectivity index (χ3v) is 5.32. The molecule has 1 heterocycles. The van der Waals surface area contributed by atoms with Crippen molar-refractivity contribution in [3.63, 3.8) is 0 Å². The molecule has 1 saturated carbocycles. The molecule has 114 valence electrons. The Kier molecular flexibility index (Phi) is 3.78. The van der Waals surface area contributed by atoms with E-state index >= 15 is 0 Å². The zero-order valence-corrected chi connectivity index (χ0v) is 13.2. The monoisotopic (exact) mass is 316 g/mol. The molecule has 0 saturated heterocycles. The van der Waals surface area contributed by atoms with Crippen molar-refractivity contribution in [1.29, 1.82) is 0 Å². The Morgan fingerprint density at radius 2 is 1.95 bits per heavy atom. The molecule has 1 aromatic heterocycles. The largest absolute Gasteiger partial charge is 0.465 e. The maximum absolute atomic E-state index is 12.4. The van der Waals surface area contributed by atoms with Crippen molar-refractivity contribution in [2.45, 2.75) is 17.6 Å². The molecule has 1 amide bonds. The smallest absolute Gasteiger partial charge is 0.340 e. The van der Waals surface area contributed by atoms with Crippen LogP contribution in [0.3, 0.4) is 0 Å². The molecule has 2 aromatic rings. The van der Waals surface area contributed by atoms with Crippen LogP contribution in [0.4, 0.5) is 5.82 Å². The van der Waals surface area contributed by atoms with E-state index in [1.165, 1.54) is 13.3 Å². The summed E-state index contributed by atoms with van der Waals surface area (Å²) in [4.78, 5) is 28.5. The van der Waals surface area contributed by atoms with Crippen molar-refractivity contribution >= 4 is 40.2 Å². The van der Waals surface area contributed by atoms with E-state index in [2.05, 4.69) is 10.3 Å². The zero-order chi connectivity index (χ0) is 15.7. The van der Waals surface area contributed by atoms with Gasteiger partial charge in [0.05, 0.1) is 17.4 Å². The molecule has 1 aliphatic rings. The summed E-state index contributed by atoms with van der Waals surface area (Å²) < 4.78 is 4.46. The number of thioether (sulfide) groups is 1. The topological polar surface area (TPSA) is 68.3 Å². The maximum Gasteiger partial charge on any atom is 0.340 e. The minimum Gasteiger partial charge on any atom is -0.465 e. The summed E-state index contributed by atoms with van der Waals surface area (Å²) >= 11 is 1.57. The van der Waals surface area contributed by atoms with Crippen LogP contribution in [0.15, 0.2) is 30.5 Å². The minimum atomic E-state index is -0.440. The quantitative estimate of drug-likeness (QED) is 0.879. The van der Waals surface area contributed by atoms with Crippen molar-refractivity contribution in [3.8, 4) is 0 Å². The molecule has 0 aliphatic heterocycles. The number of nitrogens with zero attached hydrogens (tertiary/aromatic N) is 1. The van der Waals surface area contributed by atoms with Crippen LogP contribution < -0.4 is 5.32 Å². The SMILES string of the molecule is COC(=O)c1cnc(NC(=O)C2(SC)CC2)c2ccccc12. The number of hydrogen-bond acceptors (Lipinski definition) is 5. The lowest BCUT2D eigenvalue weighted by Gasteiger charge is -2.14. The molecule has 0 bridgehead atoms. The number of methoxy groups -OCH3 is 1. The molecule has 0 radical (unpaired) electrons. The van der Waals surface area contributed by atoms with Crippen LogP contribution in [-0.4, -0.2) is 35.0 Å². The van der Waals surface area contributed by atoms with Gasteiger partial charge in [0.1, 0.15) is 5.82 Å². The van der Waals surface area contributed by atoms with Gasteiger partial charge in [-0.2, -0.15) is 0 Å². The van der Waals surface area contributed by atoms with E-state index in [0.717, 1.165) is 18.2 Å². The van der Waals surface area contributed by atoms with Gasteiger partial charge in [-0.1, -0.05) is 24.3 Å². The highest BCUT2D eigenvalue weighted by molar-refractivity contribution is 8.01. The van der Waals surface area contributed by atoms with Gasteiger partial charge in [-0.05, 0) is 19.1 Å². The molecule has 0 atom stereocenters. The van der Waals surface area contributed by atoms with Gasteiger partial charge in [0.15, 0.2) is 0 Å². The predicted octanol–water partition coefficient (Wildman–Crippen LogP) is 2.86. The number of fused-ring (bicyclic) bond motifs is 1. The number of hydrogen-bond donors (Lipinski definition) is 1. The molecule has 5 nitrogen and oxygen atoms in total. The first-order chi connectivity index (χ1) is 10.6. The van der Waals surface area contributed by atoms with Gasteiger partial charge in [-0.25, -0.2) is 9.78 Å². The summed E-state index contributed by atoms with van der Waals surface area (Å²) in [5.74, 6) is 0.0152. The summed E-state index contributed by atoms with van der Waals surface area (Å²) in [5, 5.41) is 4.35.